The molecule has 2 saturated carbocycles. The molecule has 2 fully saturated rings. The maximum atomic E-state index is 9.58. The van der Waals surface area contributed by atoms with Crippen molar-refractivity contribution in [3.8, 4) is 0 Å². The topological polar surface area (TPSA) is 218 Å². The summed E-state index contributed by atoms with van der Waals surface area (Å²) in [5, 5.41) is 27.3. The molecule has 0 aliphatic heterocycles. The normalized spacial score (nSPS) is 16.8. The van der Waals surface area contributed by atoms with Crippen LogP contribution in [0.25, 0.3) is 11.5 Å². The molecule has 0 aromatic heterocycles. The van der Waals surface area contributed by atoms with Gasteiger partial charge in [-0.05, 0) is 0 Å². The zero-order chi connectivity index (χ0) is 16.3. The van der Waals surface area contributed by atoms with Gasteiger partial charge in [-0.2, -0.15) is 0 Å². The van der Waals surface area contributed by atoms with Crippen LogP contribution in [0.5, 0.6) is 0 Å². The van der Waals surface area contributed by atoms with Gasteiger partial charge in [0, 0.05) is 12.4 Å². The fourth-order valence-electron chi connectivity index (χ4n) is 2.09. The van der Waals surface area contributed by atoms with Gasteiger partial charge in [0.2, 0.25) is 0 Å². The fourth-order valence-corrected chi connectivity index (χ4v) is 2.09. The molecule has 0 radical (unpaired) electrons. The maximum absolute atomic E-state index is 9.58. The number of carboxylic acids is 2. The van der Waals surface area contributed by atoms with Crippen molar-refractivity contribution in [1.82, 2.24) is 12.3 Å². The summed E-state index contributed by atoms with van der Waals surface area (Å²) in [5.41, 5.74) is 14.3. The number of rotatable bonds is 3. The van der Waals surface area contributed by atoms with Crippen molar-refractivity contribution in [2.75, 3.05) is 0 Å². The van der Waals surface area contributed by atoms with E-state index < -0.39 is 24.5 Å². The standard InChI is InChI=1S/2C5H10N.C4H6O5.2H3N.2Pt/c2*6-5-3-1-2-4-5;5-2(4(8)9)1-3(6)7;;;;/h2*5-6H,1-4H2;2,5H,1H2,(H,6,7)(H,8,9);2*1H3;;/q2*-1;;;;2*+2/p-2/t;;2-;;;;/m..0..../s1. The molecule has 156 valence electrons. The first-order valence-corrected chi connectivity index (χ1v) is 7.34. The summed E-state index contributed by atoms with van der Waals surface area (Å²) < 4.78 is 0. The Bertz CT molecular complexity index is 302. The molecule has 0 aromatic carbocycles. The summed E-state index contributed by atoms with van der Waals surface area (Å²) in [6, 6.07) is 0.593. The number of carboxylic acid groups (broad SMARTS) is 2. The minimum absolute atomic E-state index is 0. The first-order chi connectivity index (χ1) is 9.82. The van der Waals surface area contributed by atoms with E-state index in [1.54, 1.807) is 0 Å². The summed E-state index contributed by atoms with van der Waals surface area (Å²) >= 11 is 0. The van der Waals surface area contributed by atoms with Gasteiger partial charge in [0.1, 0.15) is 0 Å². The first-order valence-electron chi connectivity index (χ1n) is 7.34. The van der Waals surface area contributed by atoms with E-state index in [-0.39, 0.29) is 54.4 Å². The van der Waals surface area contributed by atoms with Crippen molar-refractivity contribution in [2.45, 2.75) is 76.0 Å². The van der Waals surface area contributed by atoms with E-state index in [0.717, 1.165) is 25.7 Å². The second-order valence-electron chi connectivity index (χ2n) is 5.37. The molecule has 2 aliphatic carbocycles. The average Bonchev–Trinajstić information content (AvgIpc) is 3.03. The average molecular weight is 725 g/mol. The van der Waals surface area contributed by atoms with Gasteiger partial charge in [-0.1, -0.05) is 51.4 Å². The number of aliphatic hydroxyl groups excluding tert-OH is 1. The Labute approximate surface area is 178 Å². The number of hydrogen-bond acceptors (Lipinski definition) is 7. The monoisotopic (exact) mass is 724 g/mol. The first kappa shape index (κ1) is 36.1. The van der Waals surface area contributed by atoms with Crippen LogP contribution < -0.4 is 22.5 Å². The summed E-state index contributed by atoms with van der Waals surface area (Å²) in [7, 11) is 0. The van der Waals surface area contributed by atoms with E-state index in [2.05, 4.69) is 0 Å². The van der Waals surface area contributed by atoms with Crippen LogP contribution in [-0.2, 0) is 51.7 Å². The van der Waals surface area contributed by atoms with Gasteiger partial charge in [-0.3, -0.25) is 0 Å². The number of aliphatic hydroxyl groups is 1. The number of hydrogen-bond donors (Lipinski definition) is 3. The molecule has 0 heterocycles. The second-order valence-corrected chi connectivity index (χ2v) is 5.37. The largest absolute Gasteiger partial charge is 2.00 e. The Hall–Kier alpha value is 0.117. The molecule has 0 amide bonds. The van der Waals surface area contributed by atoms with Gasteiger partial charge in [0.25, 0.3) is 0 Å². The molecule has 25 heavy (non-hydrogen) atoms. The Kier molecular flexibility index (Phi) is 32.0. The van der Waals surface area contributed by atoms with E-state index in [0.29, 0.717) is 12.1 Å². The van der Waals surface area contributed by atoms with Gasteiger partial charge in [0.05, 0.1) is 12.1 Å². The van der Waals surface area contributed by atoms with Crippen molar-refractivity contribution >= 4 is 11.9 Å². The minimum atomic E-state index is -1.96. The van der Waals surface area contributed by atoms with Crippen molar-refractivity contribution in [2.24, 2.45) is 0 Å². The number of aliphatic carboxylic acids is 2. The summed E-state index contributed by atoms with van der Waals surface area (Å²) in [6.45, 7) is 0. The van der Waals surface area contributed by atoms with Crippen LogP contribution in [-0.4, -0.2) is 35.2 Å². The van der Waals surface area contributed by atoms with E-state index >= 15 is 0 Å². The molecule has 9 N–H and O–H groups in total. The molecular weight excluding hydrogens is 694 g/mol. The van der Waals surface area contributed by atoms with Crippen LogP contribution in [0.4, 0.5) is 0 Å². The van der Waals surface area contributed by atoms with Crippen molar-refractivity contribution in [3.05, 3.63) is 11.5 Å². The van der Waals surface area contributed by atoms with E-state index in [9.17, 15) is 19.8 Å². The van der Waals surface area contributed by atoms with E-state index in [1.807, 2.05) is 0 Å². The molecule has 11 heteroatoms. The van der Waals surface area contributed by atoms with Gasteiger partial charge >= 0.3 is 42.1 Å². The predicted molar refractivity (Wildman–Crippen MR) is 83.8 cm³/mol. The van der Waals surface area contributed by atoms with Crippen molar-refractivity contribution in [3.63, 3.8) is 0 Å². The Morgan fingerprint density at radius 2 is 1.16 bits per heavy atom. The zero-order valence-corrected chi connectivity index (χ0v) is 18.8. The second kappa shape index (κ2) is 22.2. The third-order valence-electron chi connectivity index (χ3n) is 3.34. The molecular formula is C14H30N4O5Pt2. The van der Waals surface area contributed by atoms with E-state index in [4.69, 9.17) is 16.6 Å². The zero-order valence-electron chi connectivity index (χ0n) is 14.2. The summed E-state index contributed by atoms with van der Waals surface area (Å²) in [5.74, 6) is -3.43. The van der Waals surface area contributed by atoms with Crippen LogP contribution >= 0.6 is 0 Å². The SMILES string of the molecule is N.N.O=C([O-])C[C@H](O)C(=O)[O-].[NH-]C1CCCC1.[NH-]C1CCCC1.[Pt+2].[Pt+2]. The van der Waals surface area contributed by atoms with Crippen LogP contribution in [0.2, 0.25) is 0 Å². The minimum Gasteiger partial charge on any atom is -0.675 e. The Balaban J connectivity index is -0.0000000754. The smallest absolute Gasteiger partial charge is 0.675 e. The maximum Gasteiger partial charge on any atom is 2.00 e. The predicted octanol–water partition coefficient (Wildman–Crippen LogP) is 0.519. The van der Waals surface area contributed by atoms with Gasteiger partial charge in [-0.25, -0.2) is 0 Å². The molecule has 9 nitrogen and oxygen atoms in total. The molecule has 0 aromatic rings. The summed E-state index contributed by atoms with van der Waals surface area (Å²) in [4.78, 5) is 19.1. The molecule has 2 rings (SSSR count). The molecule has 0 bridgehead atoms. The quantitative estimate of drug-likeness (QED) is 0.375. The van der Waals surface area contributed by atoms with Gasteiger partial charge in [-0.15, -0.1) is 12.1 Å². The molecule has 0 spiro atoms. The third kappa shape index (κ3) is 24.1. The molecule has 0 unspecified atom stereocenters. The van der Waals surface area contributed by atoms with Crippen LogP contribution in [0.1, 0.15) is 57.8 Å². The van der Waals surface area contributed by atoms with Crippen molar-refractivity contribution < 1.29 is 67.0 Å². The molecule has 0 saturated heterocycles. The van der Waals surface area contributed by atoms with Gasteiger partial charge < -0.3 is 48.7 Å². The third-order valence-corrected chi connectivity index (χ3v) is 3.34. The number of nitrogens with one attached hydrogen (secondary N) is 2. The van der Waals surface area contributed by atoms with Crippen LogP contribution in [0, 0.1) is 0 Å². The molecule has 1 atom stereocenters. The number of carbonyl (C=O) groups excluding carboxylic acids is 2. The Morgan fingerprint density at radius 3 is 1.24 bits per heavy atom. The van der Waals surface area contributed by atoms with Gasteiger partial charge in [0.15, 0.2) is 0 Å². The van der Waals surface area contributed by atoms with Crippen LogP contribution in [0.3, 0.4) is 0 Å². The van der Waals surface area contributed by atoms with Crippen molar-refractivity contribution in [1.29, 1.82) is 0 Å². The van der Waals surface area contributed by atoms with Crippen LogP contribution in [0.15, 0.2) is 0 Å². The Morgan fingerprint density at radius 1 is 0.880 bits per heavy atom. The number of carbonyl (C=O) groups is 2. The summed E-state index contributed by atoms with van der Waals surface area (Å²) in [6.07, 6.45) is 6.92. The molecule has 2 aliphatic rings. The van der Waals surface area contributed by atoms with E-state index in [1.165, 1.54) is 25.7 Å². The fraction of sp³-hybridized carbons (Fsp3) is 0.857.